The summed E-state index contributed by atoms with van der Waals surface area (Å²) in [6.45, 7) is 3.08. The highest BCUT2D eigenvalue weighted by Crippen LogP contribution is 2.29. The van der Waals surface area contributed by atoms with E-state index in [0.717, 1.165) is 32.3 Å². The molecule has 0 aromatic rings. The van der Waals surface area contributed by atoms with Crippen molar-refractivity contribution in [3.8, 4) is 0 Å². The standard InChI is InChI=1S/C12H22N2O3.ClH/c13-9-12(3-6-16-7-4-12)11(15)14-8-10-2-1-5-17-10;/h10H,1-9,13H2,(H,14,15);1H. The molecule has 0 saturated carbocycles. The third-order valence-electron chi connectivity index (χ3n) is 3.84. The first-order valence-corrected chi connectivity index (χ1v) is 6.44. The maximum atomic E-state index is 12.2. The van der Waals surface area contributed by atoms with Gasteiger partial charge in [-0.3, -0.25) is 4.79 Å². The molecule has 2 fully saturated rings. The molecule has 1 unspecified atom stereocenters. The van der Waals surface area contributed by atoms with E-state index >= 15 is 0 Å². The summed E-state index contributed by atoms with van der Waals surface area (Å²) in [5, 5.41) is 2.99. The Morgan fingerprint density at radius 2 is 2.06 bits per heavy atom. The van der Waals surface area contributed by atoms with Crippen LogP contribution >= 0.6 is 12.4 Å². The van der Waals surface area contributed by atoms with Crippen LogP contribution in [-0.2, 0) is 14.3 Å². The Bertz CT molecular complexity index is 264. The van der Waals surface area contributed by atoms with E-state index in [0.29, 0.717) is 26.3 Å². The van der Waals surface area contributed by atoms with Crippen LogP contribution < -0.4 is 11.1 Å². The molecule has 0 aliphatic carbocycles. The van der Waals surface area contributed by atoms with Crippen LogP contribution in [0.2, 0.25) is 0 Å². The Balaban J connectivity index is 0.00000162. The van der Waals surface area contributed by atoms with E-state index in [4.69, 9.17) is 15.2 Å². The number of nitrogens with two attached hydrogens (primary N) is 1. The first-order chi connectivity index (χ1) is 8.27. The quantitative estimate of drug-likeness (QED) is 0.784. The zero-order valence-corrected chi connectivity index (χ0v) is 11.5. The van der Waals surface area contributed by atoms with Crippen molar-refractivity contribution < 1.29 is 14.3 Å². The second-order valence-electron chi connectivity index (χ2n) is 4.94. The molecule has 0 aromatic carbocycles. The van der Waals surface area contributed by atoms with Crippen LogP contribution in [0, 0.1) is 5.41 Å². The van der Waals surface area contributed by atoms with Gasteiger partial charge in [-0.25, -0.2) is 0 Å². The van der Waals surface area contributed by atoms with Gasteiger partial charge in [0.1, 0.15) is 0 Å². The molecule has 6 heteroatoms. The monoisotopic (exact) mass is 278 g/mol. The largest absolute Gasteiger partial charge is 0.381 e. The number of hydrogen-bond donors (Lipinski definition) is 2. The van der Waals surface area contributed by atoms with Crippen LogP contribution in [0.25, 0.3) is 0 Å². The summed E-state index contributed by atoms with van der Waals surface area (Å²) in [6, 6.07) is 0. The topological polar surface area (TPSA) is 73.6 Å². The van der Waals surface area contributed by atoms with E-state index in [1.165, 1.54) is 0 Å². The fourth-order valence-corrected chi connectivity index (χ4v) is 2.49. The van der Waals surface area contributed by atoms with Crippen molar-refractivity contribution in [1.82, 2.24) is 5.32 Å². The second kappa shape index (κ2) is 7.28. The van der Waals surface area contributed by atoms with Crippen LogP contribution in [0.15, 0.2) is 0 Å². The minimum atomic E-state index is -0.420. The SMILES string of the molecule is Cl.NCC1(C(=O)NCC2CCCO2)CCOCC1. The zero-order valence-electron chi connectivity index (χ0n) is 10.7. The van der Waals surface area contributed by atoms with Gasteiger partial charge in [0, 0.05) is 32.9 Å². The minimum Gasteiger partial charge on any atom is -0.381 e. The summed E-state index contributed by atoms with van der Waals surface area (Å²) in [4.78, 5) is 12.2. The van der Waals surface area contributed by atoms with Crippen molar-refractivity contribution in [2.45, 2.75) is 31.8 Å². The smallest absolute Gasteiger partial charge is 0.227 e. The number of nitrogens with one attached hydrogen (secondary N) is 1. The summed E-state index contributed by atoms with van der Waals surface area (Å²) in [6.07, 6.45) is 3.77. The van der Waals surface area contributed by atoms with Gasteiger partial charge in [0.15, 0.2) is 0 Å². The molecule has 0 spiro atoms. The van der Waals surface area contributed by atoms with Crippen molar-refractivity contribution in [3.05, 3.63) is 0 Å². The fourth-order valence-electron chi connectivity index (χ4n) is 2.49. The van der Waals surface area contributed by atoms with E-state index in [1.807, 2.05) is 0 Å². The van der Waals surface area contributed by atoms with Crippen LogP contribution in [0.4, 0.5) is 0 Å². The molecular formula is C12H23ClN2O3. The summed E-state index contributed by atoms with van der Waals surface area (Å²) in [5.74, 6) is 0.0683. The van der Waals surface area contributed by atoms with Gasteiger partial charge >= 0.3 is 0 Å². The highest BCUT2D eigenvalue weighted by molar-refractivity contribution is 5.85. The lowest BCUT2D eigenvalue weighted by molar-refractivity contribution is -0.136. The van der Waals surface area contributed by atoms with E-state index in [1.54, 1.807) is 0 Å². The third kappa shape index (κ3) is 3.57. The molecule has 2 rings (SSSR count). The maximum Gasteiger partial charge on any atom is 0.227 e. The van der Waals surface area contributed by atoms with Crippen molar-refractivity contribution in [2.75, 3.05) is 32.9 Å². The second-order valence-corrected chi connectivity index (χ2v) is 4.94. The van der Waals surface area contributed by atoms with Crippen LogP contribution in [0.3, 0.4) is 0 Å². The predicted octanol–water partition coefficient (Wildman–Crippen LogP) is 0.459. The molecule has 106 valence electrons. The molecule has 2 heterocycles. The van der Waals surface area contributed by atoms with E-state index in [2.05, 4.69) is 5.32 Å². The van der Waals surface area contributed by atoms with Gasteiger partial charge in [-0.1, -0.05) is 0 Å². The molecule has 0 radical (unpaired) electrons. The highest BCUT2D eigenvalue weighted by Gasteiger charge is 2.38. The van der Waals surface area contributed by atoms with Crippen LogP contribution in [0.5, 0.6) is 0 Å². The van der Waals surface area contributed by atoms with E-state index < -0.39 is 5.41 Å². The van der Waals surface area contributed by atoms with Gasteiger partial charge in [-0.05, 0) is 25.7 Å². The van der Waals surface area contributed by atoms with Crippen molar-refractivity contribution >= 4 is 18.3 Å². The lowest BCUT2D eigenvalue weighted by atomic mass is 9.79. The van der Waals surface area contributed by atoms with Gasteiger partial charge in [-0.15, -0.1) is 12.4 Å². The van der Waals surface area contributed by atoms with Gasteiger partial charge < -0.3 is 20.5 Å². The minimum absolute atomic E-state index is 0. The van der Waals surface area contributed by atoms with Crippen molar-refractivity contribution in [1.29, 1.82) is 0 Å². The van der Waals surface area contributed by atoms with Crippen LogP contribution in [0.1, 0.15) is 25.7 Å². The zero-order chi connectivity index (χ0) is 12.1. The molecule has 0 bridgehead atoms. The van der Waals surface area contributed by atoms with Crippen LogP contribution in [-0.4, -0.2) is 44.9 Å². The van der Waals surface area contributed by atoms with E-state index in [-0.39, 0.29) is 24.4 Å². The number of carbonyl (C=O) groups is 1. The van der Waals surface area contributed by atoms with Gasteiger partial charge in [0.25, 0.3) is 0 Å². The number of carbonyl (C=O) groups excluding carboxylic acids is 1. The lowest BCUT2D eigenvalue weighted by Gasteiger charge is -2.34. The summed E-state index contributed by atoms with van der Waals surface area (Å²) in [7, 11) is 0. The molecule has 5 nitrogen and oxygen atoms in total. The fraction of sp³-hybridized carbons (Fsp3) is 0.917. The van der Waals surface area contributed by atoms with Gasteiger partial charge in [0.05, 0.1) is 11.5 Å². The number of hydrogen-bond acceptors (Lipinski definition) is 4. The highest BCUT2D eigenvalue weighted by atomic mass is 35.5. The molecule has 2 saturated heterocycles. The molecular weight excluding hydrogens is 256 g/mol. The first-order valence-electron chi connectivity index (χ1n) is 6.44. The number of ether oxygens (including phenoxy) is 2. The summed E-state index contributed by atoms with van der Waals surface area (Å²) >= 11 is 0. The van der Waals surface area contributed by atoms with Crippen molar-refractivity contribution in [2.24, 2.45) is 11.1 Å². The number of amides is 1. The average Bonchev–Trinajstić information content (AvgIpc) is 2.90. The average molecular weight is 279 g/mol. The summed E-state index contributed by atoms with van der Waals surface area (Å²) in [5.41, 5.74) is 5.36. The number of rotatable bonds is 4. The molecule has 2 aliphatic rings. The Labute approximate surface area is 114 Å². The maximum absolute atomic E-state index is 12.2. The first kappa shape index (κ1) is 15.7. The predicted molar refractivity (Wildman–Crippen MR) is 70.8 cm³/mol. The Morgan fingerprint density at radius 1 is 1.33 bits per heavy atom. The van der Waals surface area contributed by atoms with Crippen molar-refractivity contribution in [3.63, 3.8) is 0 Å². The van der Waals surface area contributed by atoms with Gasteiger partial charge in [0.2, 0.25) is 5.91 Å². The molecule has 0 aromatic heterocycles. The number of halogens is 1. The summed E-state index contributed by atoms with van der Waals surface area (Å²) < 4.78 is 10.8. The molecule has 3 N–H and O–H groups in total. The van der Waals surface area contributed by atoms with E-state index in [9.17, 15) is 4.79 Å². The normalized spacial score (nSPS) is 26.4. The molecule has 1 amide bonds. The lowest BCUT2D eigenvalue weighted by Crippen LogP contribution is -2.50. The Hall–Kier alpha value is -0.360. The van der Waals surface area contributed by atoms with Gasteiger partial charge in [-0.2, -0.15) is 0 Å². The molecule has 18 heavy (non-hydrogen) atoms. The molecule has 1 atom stereocenters. The Kier molecular flexibility index (Phi) is 6.35. The third-order valence-corrected chi connectivity index (χ3v) is 3.84. The Morgan fingerprint density at radius 3 is 2.61 bits per heavy atom. The molecule has 2 aliphatic heterocycles.